The van der Waals surface area contributed by atoms with E-state index in [0.717, 1.165) is 43.4 Å². The normalized spacial score (nSPS) is 22.4. The fourth-order valence-corrected chi connectivity index (χ4v) is 4.93. The lowest BCUT2D eigenvalue weighted by Gasteiger charge is -2.44. The third kappa shape index (κ3) is 4.12. The number of hydrogen-bond acceptors (Lipinski definition) is 7. The molecule has 0 amide bonds. The SMILES string of the molecule is C#Cc1cc(OC2CN3CCC2CC3)c2nc(Nc3ccc(S(N)(=O)=O)cc3)ncc2c1. The number of piperidine rings is 3. The summed E-state index contributed by atoms with van der Waals surface area (Å²) in [6, 6.07) is 9.81. The maximum atomic E-state index is 11.5. The van der Waals surface area contributed by atoms with E-state index in [-0.39, 0.29) is 11.0 Å². The summed E-state index contributed by atoms with van der Waals surface area (Å²) in [6.07, 6.45) is 9.77. The van der Waals surface area contributed by atoms with Gasteiger partial charge in [0.05, 0.1) is 4.90 Å². The fraction of sp³-hybridized carbons (Fsp3) is 0.304. The van der Waals surface area contributed by atoms with Gasteiger partial charge in [0.2, 0.25) is 16.0 Å². The number of anilines is 2. The van der Waals surface area contributed by atoms with Crippen LogP contribution in [0, 0.1) is 18.3 Å². The number of rotatable bonds is 5. The molecular weight excluding hydrogens is 426 g/mol. The summed E-state index contributed by atoms with van der Waals surface area (Å²) in [6.45, 7) is 3.19. The van der Waals surface area contributed by atoms with Crippen LogP contribution < -0.4 is 15.2 Å². The molecule has 0 saturated carbocycles. The number of fused-ring (bicyclic) bond motifs is 4. The summed E-state index contributed by atoms with van der Waals surface area (Å²) in [5.41, 5.74) is 2.03. The van der Waals surface area contributed by atoms with Crippen LogP contribution in [-0.2, 0) is 10.0 Å². The Kier molecular flexibility index (Phi) is 5.21. The van der Waals surface area contributed by atoms with E-state index in [1.165, 1.54) is 12.1 Å². The number of ether oxygens (including phenoxy) is 1. The second-order valence-corrected chi connectivity index (χ2v) is 9.80. The highest BCUT2D eigenvalue weighted by Gasteiger charge is 2.35. The highest BCUT2D eigenvalue weighted by Crippen LogP contribution is 2.34. The monoisotopic (exact) mass is 449 g/mol. The summed E-state index contributed by atoms with van der Waals surface area (Å²) in [5, 5.41) is 9.05. The number of hydrogen-bond donors (Lipinski definition) is 2. The zero-order chi connectivity index (χ0) is 22.3. The van der Waals surface area contributed by atoms with Crippen LogP contribution in [0.5, 0.6) is 5.75 Å². The Labute approximate surface area is 186 Å². The first-order chi connectivity index (χ1) is 15.4. The first-order valence-electron chi connectivity index (χ1n) is 10.5. The van der Waals surface area contributed by atoms with Gasteiger partial charge in [-0.25, -0.2) is 23.5 Å². The zero-order valence-electron chi connectivity index (χ0n) is 17.4. The molecule has 32 heavy (non-hydrogen) atoms. The highest BCUT2D eigenvalue weighted by atomic mass is 32.2. The van der Waals surface area contributed by atoms with Crippen molar-refractivity contribution in [2.24, 2.45) is 11.1 Å². The number of nitrogens with one attached hydrogen (secondary N) is 1. The molecule has 6 rings (SSSR count). The van der Waals surface area contributed by atoms with Crippen LogP contribution in [-0.4, -0.2) is 49.0 Å². The van der Waals surface area contributed by atoms with Crippen LogP contribution in [0.1, 0.15) is 18.4 Å². The summed E-state index contributed by atoms with van der Waals surface area (Å²) in [5.74, 6) is 4.25. The molecule has 3 aromatic rings. The number of benzene rings is 2. The fourth-order valence-electron chi connectivity index (χ4n) is 4.41. The average Bonchev–Trinajstić information content (AvgIpc) is 2.80. The molecule has 8 nitrogen and oxygen atoms in total. The lowest BCUT2D eigenvalue weighted by molar-refractivity contribution is -0.00711. The minimum absolute atomic E-state index is 0.0394. The second kappa shape index (κ2) is 8.06. The van der Waals surface area contributed by atoms with E-state index >= 15 is 0 Å². The predicted octanol–water partition coefficient (Wildman–Crippen LogP) is 2.48. The summed E-state index contributed by atoms with van der Waals surface area (Å²) in [7, 11) is -3.75. The van der Waals surface area contributed by atoms with E-state index in [2.05, 4.69) is 26.1 Å². The molecule has 9 heteroatoms. The van der Waals surface area contributed by atoms with E-state index in [4.69, 9.17) is 16.3 Å². The van der Waals surface area contributed by atoms with Gasteiger partial charge in [0.25, 0.3) is 0 Å². The quantitative estimate of drug-likeness (QED) is 0.576. The van der Waals surface area contributed by atoms with Gasteiger partial charge in [-0.05, 0) is 68.2 Å². The van der Waals surface area contributed by atoms with Crippen molar-refractivity contribution in [1.29, 1.82) is 0 Å². The number of aromatic nitrogens is 2. The van der Waals surface area contributed by atoms with Crippen molar-refractivity contribution in [2.75, 3.05) is 25.0 Å². The van der Waals surface area contributed by atoms with Gasteiger partial charge in [-0.3, -0.25) is 4.90 Å². The molecule has 3 fully saturated rings. The molecule has 0 radical (unpaired) electrons. The molecule has 0 aliphatic carbocycles. The highest BCUT2D eigenvalue weighted by molar-refractivity contribution is 7.89. The standard InChI is InChI=1S/C23H23N5O3S/c1-2-15-11-17-13-25-23(26-18-3-5-19(6-4-18)32(24,29)30)27-22(17)20(12-15)31-21-14-28-9-7-16(21)8-10-28/h1,3-6,11-13,16,21H,7-10,14H2,(H2,24,29,30)(H,25,26,27). The van der Waals surface area contributed by atoms with Crippen LogP contribution in [0.15, 0.2) is 47.5 Å². The van der Waals surface area contributed by atoms with Crippen LogP contribution in [0.25, 0.3) is 10.9 Å². The number of nitrogens with zero attached hydrogens (tertiary/aromatic N) is 3. The minimum atomic E-state index is -3.75. The molecule has 2 bridgehead atoms. The lowest BCUT2D eigenvalue weighted by Crippen LogP contribution is -2.52. The van der Waals surface area contributed by atoms with Crippen molar-refractivity contribution in [1.82, 2.24) is 14.9 Å². The molecule has 3 saturated heterocycles. The van der Waals surface area contributed by atoms with E-state index in [1.54, 1.807) is 18.3 Å². The third-order valence-electron chi connectivity index (χ3n) is 6.13. The van der Waals surface area contributed by atoms with Gasteiger partial charge < -0.3 is 10.1 Å². The van der Waals surface area contributed by atoms with Gasteiger partial charge in [0, 0.05) is 29.4 Å². The van der Waals surface area contributed by atoms with Crippen molar-refractivity contribution in [3.63, 3.8) is 0 Å². The van der Waals surface area contributed by atoms with E-state index < -0.39 is 10.0 Å². The van der Waals surface area contributed by atoms with E-state index in [0.29, 0.717) is 28.8 Å². The Balaban J connectivity index is 1.46. The van der Waals surface area contributed by atoms with Gasteiger partial charge in [-0.15, -0.1) is 6.42 Å². The largest absolute Gasteiger partial charge is 0.486 e. The van der Waals surface area contributed by atoms with Crippen molar-refractivity contribution in [3.8, 4) is 18.1 Å². The first-order valence-corrected chi connectivity index (χ1v) is 12.0. The molecule has 3 aliphatic heterocycles. The first kappa shape index (κ1) is 20.7. The van der Waals surface area contributed by atoms with Crippen LogP contribution in [0.2, 0.25) is 0 Å². The molecule has 3 aliphatic rings. The molecule has 1 unspecified atom stereocenters. The van der Waals surface area contributed by atoms with Gasteiger partial charge in [0.1, 0.15) is 17.4 Å². The Morgan fingerprint density at radius 2 is 1.94 bits per heavy atom. The van der Waals surface area contributed by atoms with Crippen LogP contribution in [0.4, 0.5) is 11.6 Å². The van der Waals surface area contributed by atoms with Crippen LogP contribution >= 0.6 is 0 Å². The molecule has 2 aromatic carbocycles. The van der Waals surface area contributed by atoms with Crippen molar-refractivity contribution in [2.45, 2.75) is 23.8 Å². The Hall–Kier alpha value is -3.19. The molecular formula is C23H23N5O3S. The molecule has 1 aromatic heterocycles. The average molecular weight is 450 g/mol. The molecule has 164 valence electrons. The van der Waals surface area contributed by atoms with Crippen molar-refractivity contribution < 1.29 is 13.2 Å². The predicted molar refractivity (Wildman–Crippen MR) is 122 cm³/mol. The summed E-state index contributed by atoms with van der Waals surface area (Å²) < 4.78 is 29.4. The van der Waals surface area contributed by atoms with Gasteiger partial charge >= 0.3 is 0 Å². The van der Waals surface area contributed by atoms with Gasteiger partial charge in [0.15, 0.2) is 0 Å². The summed E-state index contributed by atoms with van der Waals surface area (Å²) >= 11 is 0. The topological polar surface area (TPSA) is 110 Å². The summed E-state index contributed by atoms with van der Waals surface area (Å²) in [4.78, 5) is 11.5. The number of sulfonamides is 1. The molecule has 1 atom stereocenters. The van der Waals surface area contributed by atoms with Crippen molar-refractivity contribution in [3.05, 3.63) is 48.2 Å². The maximum absolute atomic E-state index is 11.5. The van der Waals surface area contributed by atoms with Gasteiger partial charge in [-0.2, -0.15) is 0 Å². The zero-order valence-corrected chi connectivity index (χ0v) is 18.2. The molecule has 4 heterocycles. The third-order valence-corrected chi connectivity index (χ3v) is 7.06. The smallest absolute Gasteiger partial charge is 0.238 e. The Bertz CT molecular complexity index is 1310. The molecule has 3 N–H and O–H groups in total. The maximum Gasteiger partial charge on any atom is 0.238 e. The van der Waals surface area contributed by atoms with Crippen molar-refractivity contribution >= 4 is 32.6 Å². The van der Waals surface area contributed by atoms with Gasteiger partial charge in [-0.1, -0.05) is 5.92 Å². The Morgan fingerprint density at radius 3 is 2.56 bits per heavy atom. The minimum Gasteiger partial charge on any atom is -0.486 e. The lowest BCUT2D eigenvalue weighted by atomic mass is 9.86. The number of terminal acetylenes is 1. The van der Waals surface area contributed by atoms with E-state index in [1.807, 2.05) is 12.1 Å². The Morgan fingerprint density at radius 1 is 1.19 bits per heavy atom. The number of nitrogens with two attached hydrogens (primary N) is 1. The molecule has 0 spiro atoms. The van der Waals surface area contributed by atoms with E-state index in [9.17, 15) is 8.42 Å². The second-order valence-electron chi connectivity index (χ2n) is 8.24. The van der Waals surface area contributed by atoms with Crippen LogP contribution in [0.3, 0.4) is 0 Å². The number of primary sulfonamides is 1.